The Labute approximate surface area is 249 Å². The molecule has 2 aromatic carbocycles. The van der Waals surface area contributed by atoms with Crippen molar-refractivity contribution in [2.45, 2.75) is 65.2 Å². The molecule has 0 aromatic heterocycles. The molecule has 0 saturated carbocycles. The molecule has 0 N–H and O–H groups in total. The standard InChI is InChI=1S/C32H46O8S/c1-11-33-23-17-25(29(35-13-3)31(37-15-5)27(23)39-19-21(7)8)41-26-18-24(34-12-2)28(40-20-22(9)10)32(38-16-6)30(26)36-14-4/h17-18H,7,9,11-16,19-20H2,1-6,8,10H3. The van der Waals surface area contributed by atoms with Gasteiger partial charge in [0.25, 0.3) is 0 Å². The van der Waals surface area contributed by atoms with Crippen molar-refractivity contribution in [3.63, 3.8) is 0 Å². The van der Waals surface area contributed by atoms with Gasteiger partial charge < -0.3 is 37.9 Å². The second-order valence-corrected chi connectivity index (χ2v) is 10.00. The Kier molecular flexibility index (Phi) is 14.4. The average Bonchev–Trinajstić information content (AvgIpc) is 2.92. The minimum Gasteiger partial charge on any atom is -0.490 e. The fraction of sp³-hybridized carbons (Fsp3) is 0.500. The molecule has 0 heterocycles. The van der Waals surface area contributed by atoms with Crippen LogP contribution in [0.2, 0.25) is 0 Å². The molecule has 2 rings (SSSR count). The summed E-state index contributed by atoms with van der Waals surface area (Å²) in [4.78, 5) is 1.51. The zero-order chi connectivity index (χ0) is 30.4. The summed E-state index contributed by atoms with van der Waals surface area (Å²) in [7, 11) is 0. The molecule has 0 saturated heterocycles. The predicted octanol–water partition coefficient (Wildman–Crippen LogP) is 8.14. The highest BCUT2D eigenvalue weighted by Crippen LogP contribution is 2.56. The van der Waals surface area contributed by atoms with E-state index in [-0.39, 0.29) is 0 Å². The maximum absolute atomic E-state index is 6.18. The third-order valence-electron chi connectivity index (χ3n) is 5.14. The highest BCUT2D eigenvalue weighted by atomic mass is 32.2. The van der Waals surface area contributed by atoms with Crippen LogP contribution in [-0.2, 0) is 0 Å². The van der Waals surface area contributed by atoms with Gasteiger partial charge in [0.1, 0.15) is 13.2 Å². The van der Waals surface area contributed by atoms with Crippen LogP contribution in [0.25, 0.3) is 0 Å². The molecule has 228 valence electrons. The first-order valence-electron chi connectivity index (χ1n) is 14.2. The van der Waals surface area contributed by atoms with Crippen molar-refractivity contribution >= 4 is 11.8 Å². The molecular weight excluding hydrogens is 544 g/mol. The first-order chi connectivity index (χ1) is 19.8. The van der Waals surface area contributed by atoms with E-state index in [1.54, 1.807) is 0 Å². The average molecular weight is 591 g/mol. The molecule has 0 aliphatic carbocycles. The Morgan fingerprint density at radius 3 is 1.10 bits per heavy atom. The maximum atomic E-state index is 6.18. The van der Waals surface area contributed by atoms with Gasteiger partial charge in [-0.25, -0.2) is 0 Å². The highest BCUT2D eigenvalue weighted by molar-refractivity contribution is 7.99. The lowest BCUT2D eigenvalue weighted by molar-refractivity contribution is 0.242. The summed E-state index contributed by atoms with van der Waals surface area (Å²) >= 11 is 1.43. The van der Waals surface area contributed by atoms with Crippen molar-refractivity contribution < 1.29 is 37.9 Å². The Hall–Kier alpha value is -3.33. The van der Waals surface area contributed by atoms with E-state index in [0.717, 1.165) is 20.9 Å². The van der Waals surface area contributed by atoms with Gasteiger partial charge in [-0.2, -0.15) is 0 Å². The largest absolute Gasteiger partial charge is 0.490 e. The van der Waals surface area contributed by atoms with Crippen molar-refractivity contribution in [3.05, 3.63) is 36.4 Å². The number of ether oxygens (including phenoxy) is 8. The van der Waals surface area contributed by atoms with Crippen molar-refractivity contribution in [2.75, 3.05) is 52.9 Å². The summed E-state index contributed by atoms with van der Waals surface area (Å²) in [6.07, 6.45) is 0. The zero-order valence-corrected chi connectivity index (χ0v) is 26.7. The number of hydrogen-bond donors (Lipinski definition) is 0. The second kappa shape index (κ2) is 17.5. The molecule has 0 radical (unpaired) electrons. The topological polar surface area (TPSA) is 73.8 Å². The van der Waals surface area contributed by atoms with Crippen LogP contribution in [-0.4, -0.2) is 52.9 Å². The van der Waals surface area contributed by atoms with Gasteiger partial charge in [0.2, 0.25) is 23.0 Å². The van der Waals surface area contributed by atoms with E-state index >= 15 is 0 Å². The van der Waals surface area contributed by atoms with Gasteiger partial charge in [-0.15, -0.1) is 0 Å². The molecule has 8 nitrogen and oxygen atoms in total. The van der Waals surface area contributed by atoms with Gasteiger partial charge in [0, 0.05) is 12.1 Å². The Balaban J connectivity index is 2.86. The van der Waals surface area contributed by atoms with Crippen LogP contribution >= 0.6 is 11.8 Å². The van der Waals surface area contributed by atoms with Crippen LogP contribution in [0, 0.1) is 0 Å². The van der Waals surface area contributed by atoms with E-state index in [9.17, 15) is 0 Å². The van der Waals surface area contributed by atoms with Crippen LogP contribution < -0.4 is 37.9 Å². The van der Waals surface area contributed by atoms with Crippen molar-refractivity contribution in [3.8, 4) is 46.0 Å². The molecule has 0 atom stereocenters. The van der Waals surface area contributed by atoms with E-state index in [1.807, 2.05) is 67.5 Å². The first kappa shape index (κ1) is 33.9. The molecular formula is C32H46O8S. The highest BCUT2D eigenvalue weighted by Gasteiger charge is 2.28. The summed E-state index contributed by atoms with van der Waals surface area (Å²) < 4.78 is 48.9. The van der Waals surface area contributed by atoms with E-state index in [2.05, 4.69) is 13.2 Å². The molecule has 0 fully saturated rings. The number of benzene rings is 2. The monoisotopic (exact) mass is 590 g/mol. The van der Waals surface area contributed by atoms with E-state index in [4.69, 9.17) is 37.9 Å². The molecule has 0 unspecified atom stereocenters. The van der Waals surface area contributed by atoms with Gasteiger partial charge in [-0.05, 0) is 66.5 Å². The molecule has 41 heavy (non-hydrogen) atoms. The fourth-order valence-corrected chi connectivity index (χ4v) is 4.78. The SMILES string of the molecule is C=C(C)COc1c(OCC)cc(Sc2cc(OCC)c(OCC(=C)C)c(OCC)c2OCC)c(OCC)c1OCC. The summed E-state index contributed by atoms with van der Waals surface area (Å²) in [6, 6.07) is 3.80. The van der Waals surface area contributed by atoms with Gasteiger partial charge >= 0.3 is 0 Å². The zero-order valence-electron chi connectivity index (χ0n) is 25.9. The van der Waals surface area contributed by atoms with Crippen LogP contribution in [0.3, 0.4) is 0 Å². The summed E-state index contributed by atoms with van der Waals surface area (Å²) in [5, 5.41) is 0. The maximum Gasteiger partial charge on any atom is 0.208 e. The lowest BCUT2D eigenvalue weighted by Crippen LogP contribution is -2.08. The Morgan fingerprint density at radius 2 is 0.805 bits per heavy atom. The van der Waals surface area contributed by atoms with E-state index in [1.165, 1.54) is 11.8 Å². The molecule has 0 aliphatic heterocycles. The van der Waals surface area contributed by atoms with Crippen molar-refractivity contribution in [1.82, 2.24) is 0 Å². The molecule has 0 aliphatic rings. The van der Waals surface area contributed by atoms with Gasteiger partial charge in [0.15, 0.2) is 23.0 Å². The van der Waals surface area contributed by atoms with Crippen LogP contribution in [0.4, 0.5) is 0 Å². The number of hydrogen-bond acceptors (Lipinski definition) is 9. The first-order valence-corrected chi connectivity index (χ1v) is 15.0. The molecule has 0 bridgehead atoms. The van der Waals surface area contributed by atoms with Gasteiger partial charge in [-0.1, -0.05) is 24.9 Å². The van der Waals surface area contributed by atoms with Crippen LogP contribution in [0.5, 0.6) is 46.0 Å². The van der Waals surface area contributed by atoms with Crippen molar-refractivity contribution in [1.29, 1.82) is 0 Å². The van der Waals surface area contributed by atoms with Crippen molar-refractivity contribution in [2.24, 2.45) is 0 Å². The number of rotatable bonds is 20. The van der Waals surface area contributed by atoms with Gasteiger partial charge in [-0.3, -0.25) is 0 Å². The molecule has 0 spiro atoms. The normalized spacial score (nSPS) is 10.5. The molecule has 9 heteroatoms. The summed E-state index contributed by atoms with van der Waals surface area (Å²) in [5.41, 5.74) is 1.74. The minimum atomic E-state index is 0.313. The van der Waals surface area contributed by atoms with Crippen LogP contribution in [0.1, 0.15) is 55.4 Å². The fourth-order valence-electron chi connectivity index (χ4n) is 3.73. The Bertz CT molecular complexity index is 1070. The van der Waals surface area contributed by atoms with E-state index in [0.29, 0.717) is 98.9 Å². The lowest BCUT2D eigenvalue weighted by atomic mass is 10.2. The third kappa shape index (κ3) is 9.35. The molecule has 0 amide bonds. The lowest BCUT2D eigenvalue weighted by Gasteiger charge is -2.24. The second-order valence-electron chi connectivity index (χ2n) is 8.91. The molecule has 2 aromatic rings. The quantitative estimate of drug-likeness (QED) is 0.142. The minimum absolute atomic E-state index is 0.313. The summed E-state index contributed by atoms with van der Waals surface area (Å²) in [5.74, 6) is 4.05. The predicted molar refractivity (Wildman–Crippen MR) is 165 cm³/mol. The van der Waals surface area contributed by atoms with Crippen LogP contribution in [0.15, 0.2) is 46.2 Å². The summed E-state index contributed by atoms with van der Waals surface area (Å²) in [6.45, 7) is 26.4. The smallest absolute Gasteiger partial charge is 0.208 e. The van der Waals surface area contributed by atoms with E-state index < -0.39 is 0 Å². The van der Waals surface area contributed by atoms with Gasteiger partial charge in [0.05, 0.1) is 49.4 Å². The Morgan fingerprint density at radius 1 is 0.488 bits per heavy atom. The third-order valence-corrected chi connectivity index (χ3v) is 6.19.